The molecule has 1 fully saturated rings. The minimum Gasteiger partial charge on any atom is -0.347 e. The van der Waals surface area contributed by atoms with Crippen molar-refractivity contribution in [2.24, 2.45) is 0 Å². The fourth-order valence-corrected chi connectivity index (χ4v) is 1.49. The summed E-state index contributed by atoms with van der Waals surface area (Å²) in [5, 5.41) is 0. The van der Waals surface area contributed by atoms with E-state index in [9.17, 15) is 0 Å². The molecule has 0 aromatic heterocycles. The lowest BCUT2D eigenvalue weighted by Gasteiger charge is -2.21. The molecular formula is C10H17ClO2. The molecule has 3 heteroatoms. The van der Waals surface area contributed by atoms with Crippen LogP contribution < -0.4 is 0 Å². The number of hydrogen-bond acceptors (Lipinski definition) is 2. The van der Waals surface area contributed by atoms with Gasteiger partial charge in [0.05, 0.1) is 18.6 Å². The third-order valence-corrected chi connectivity index (χ3v) is 2.40. The van der Waals surface area contributed by atoms with Crippen LogP contribution in [-0.4, -0.2) is 24.4 Å². The van der Waals surface area contributed by atoms with Gasteiger partial charge in [-0.15, -0.1) is 11.6 Å². The molecule has 1 rings (SSSR count). The molecule has 76 valence electrons. The van der Waals surface area contributed by atoms with Gasteiger partial charge in [-0.3, -0.25) is 0 Å². The van der Waals surface area contributed by atoms with Gasteiger partial charge in [-0.05, 0) is 13.3 Å². The van der Waals surface area contributed by atoms with Gasteiger partial charge in [0.2, 0.25) is 0 Å². The minimum atomic E-state index is -0.453. The first-order chi connectivity index (χ1) is 6.20. The quantitative estimate of drug-likeness (QED) is 0.518. The molecule has 1 saturated heterocycles. The molecule has 0 aromatic rings. The third kappa shape index (κ3) is 3.29. The first kappa shape index (κ1) is 11.0. The van der Waals surface area contributed by atoms with Gasteiger partial charge >= 0.3 is 0 Å². The molecule has 0 spiro atoms. The largest absolute Gasteiger partial charge is 0.347 e. The van der Waals surface area contributed by atoms with E-state index in [1.807, 2.05) is 6.92 Å². The average molecular weight is 205 g/mol. The SMILES string of the molecule is CC/C=C/CC1(C)OCC(CCl)O1. The van der Waals surface area contributed by atoms with E-state index in [-0.39, 0.29) is 6.10 Å². The predicted octanol–water partition coefficient (Wildman–Crippen LogP) is 2.71. The summed E-state index contributed by atoms with van der Waals surface area (Å²) in [5.74, 6) is 0.0539. The van der Waals surface area contributed by atoms with Gasteiger partial charge in [0.1, 0.15) is 0 Å². The van der Waals surface area contributed by atoms with Crippen LogP contribution >= 0.6 is 11.6 Å². The molecule has 1 aliphatic rings. The zero-order chi connectivity index (χ0) is 9.73. The molecule has 2 nitrogen and oxygen atoms in total. The predicted molar refractivity (Wildman–Crippen MR) is 54.0 cm³/mol. The summed E-state index contributed by atoms with van der Waals surface area (Å²) in [6.45, 7) is 4.68. The number of allylic oxidation sites excluding steroid dienone is 1. The molecule has 0 aromatic carbocycles. The van der Waals surface area contributed by atoms with Crippen LogP contribution in [0.2, 0.25) is 0 Å². The summed E-state index contributed by atoms with van der Waals surface area (Å²) in [4.78, 5) is 0. The number of alkyl halides is 1. The highest BCUT2D eigenvalue weighted by atomic mass is 35.5. The molecule has 0 bridgehead atoms. The van der Waals surface area contributed by atoms with Crippen molar-refractivity contribution in [3.63, 3.8) is 0 Å². The highest BCUT2D eigenvalue weighted by Crippen LogP contribution is 2.27. The summed E-state index contributed by atoms with van der Waals surface area (Å²) >= 11 is 5.67. The van der Waals surface area contributed by atoms with Gasteiger partial charge in [0.25, 0.3) is 0 Å². The highest BCUT2D eigenvalue weighted by molar-refractivity contribution is 6.18. The van der Waals surface area contributed by atoms with Crippen LogP contribution in [0.3, 0.4) is 0 Å². The van der Waals surface area contributed by atoms with Crippen molar-refractivity contribution >= 4 is 11.6 Å². The molecule has 1 heterocycles. The zero-order valence-electron chi connectivity index (χ0n) is 8.25. The lowest BCUT2D eigenvalue weighted by Crippen LogP contribution is -2.26. The average Bonchev–Trinajstić information content (AvgIpc) is 2.49. The topological polar surface area (TPSA) is 18.5 Å². The van der Waals surface area contributed by atoms with E-state index in [1.54, 1.807) is 0 Å². The summed E-state index contributed by atoms with van der Waals surface area (Å²) in [6, 6.07) is 0. The molecule has 1 aliphatic heterocycles. The van der Waals surface area contributed by atoms with Crippen molar-refractivity contribution in [1.29, 1.82) is 0 Å². The van der Waals surface area contributed by atoms with E-state index >= 15 is 0 Å². The van der Waals surface area contributed by atoms with Gasteiger partial charge in [-0.1, -0.05) is 19.1 Å². The van der Waals surface area contributed by atoms with E-state index in [1.165, 1.54) is 0 Å². The molecule has 0 radical (unpaired) electrons. The van der Waals surface area contributed by atoms with Gasteiger partial charge in [0, 0.05) is 6.42 Å². The minimum absolute atomic E-state index is 0.0571. The second-order valence-electron chi connectivity index (χ2n) is 3.42. The Hall–Kier alpha value is -0.0500. The Kier molecular flexibility index (Phi) is 4.23. The summed E-state index contributed by atoms with van der Waals surface area (Å²) in [7, 11) is 0. The maximum absolute atomic E-state index is 5.67. The fraction of sp³-hybridized carbons (Fsp3) is 0.800. The Labute approximate surface area is 84.9 Å². The van der Waals surface area contributed by atoms with E-state index in [0.717, 1.165) is 12.8 Å². The Bertz CT molecular complexity index is 182. The monoisotopic (exact) mass is 204 g/mol. The van der Waals surface area contributed by atoms with Gasteiger partial charge in [-0.25, -0.2) is 0 Å². The van der Waals surface area contributed by atoms with Gasteiger partial charge < -0.3 is 9.47 Å². The number of rotatable bonds is 4. The molecule has 0 aliphatic carbocycles. The summed E-state index contributed by atoms with van der Waals surface area (Å²) in [6.07, 6.45) is 6.12. The highest BCUT2D eigenvalue weighted by Gasteiger charge is 2.35. The number of hydrogen-bond donors (Lipinski definition) is 0. The van der Waals surface area contributed by atoms with Crippen LogP contribution in [0.4, 0.5) is 0 Å². The van der Waals surface area contributed by atoms with Crippen molar-refractivity contribution < 1.29 is 9.47 Å². The van der Waals surface area contributed by atoms with Crippen LogP contribution in [0.25, 0.3) is 0 Å². The second kappa shape index (κ2) is 4.99. The second-order valence-corrected chi connectivity index (χ2v) is 3.73. The number of ether oxygens (including phenoxy) is 2. The molecule has 2 unspecified atom stereocenters. The fourth-order valence-electron chi connectivity index (χ4n) is 1.34. The molecule has 0 N–H and O–H groups in total. The van der Waals surface area contributed by atoms with Crippen LogP contribution in [0.1, 0.15) is 26.7 Å². The molecule has 0 amide bonds. The Morgan fingerprint density at radius 3 is 2.85 bits per heavy atom. The van der Waals surface area contributed by atoms with Crippen LogP contribution in [-0.2, 0) is 9.47 Å². The molecule has 2 atom stereocenters. The third-order valence-electron chi connectivity index (χ3n) is 2.05. The maximum Gasteiger partial charge on any atom is 0.169 e. The van der Waals surface area contributed by atoms with Gasteiger partial charge in [-0.2, -0.15) is 0 Å². The van der Waals surface area contributed by atoms with Crippen molar-refractivity contribution in [3.8, 4) is 0 Å². The van der Waals surface area contributed by atoms with Crippen molar-refractivity contribution in [2.45, 2.75) is 38.6 Å². The zero-order valence-corrected chi connectivity index (χ0v) is 9.01. The van der Waals surface area contributed by atoms with Crippen LogP contribution in [0.15, 0.2) is 12.2 Å². The first-order valence-corrected chi connectivity index (χ1v) is 5.26. The number of halogens is 1. The van der Waals surface area contributed by atoms with E-state index in [4.69, 9.17) is 21.1 Å². The molecule has 13 heavy (non-hydrogen) atoms. The normalized spacial score (nSPS) is 34.5. The smallest absolute Gasteiger partial charge is 0.169 e. The summed E-state index contributed by atoms with van der Waals surface area (Å²) in [5.41, 5.74) is 0. The Morgan fingerprint density at radius 2 is 2.31 bits per heavy atom. The van der Waals surface area contributed by atoms with Gasteiger partial charge in [0.15, 0.2) is 5.79 Å². The van der Waals surface area contributed by atoms with Crippen LogP contribution in [0, 0.1) is 0 Å². The summed E-state index contributed by atoms with van der Waals surface area (Å²) < 4.78 is 11.2. The first-order valence-electron chi connectivity index (χ1n) is 4.73. The lowest BCUT2D eigenvalue weighted by atomic mass is 10.2. The van der Waals surface area contributed by atoms with Crippen molar-refractivity contribution in [1.82, 2.24) is 0 Å². The Morgan fingerprint density at radius 1 is 1.54 bits per heavy atom. The molecular weight excluding hydrogens is 188 g/mol. The molecule has 0 saturated carbocycles. The van der Waals surface area contributed by atoms with E-state index in [0.29, 0.717) is 12.5 Å². The van der Waals surface area contributed by atoms with E-state index in [2.05, 4.69) is 19.1 Å². The Balaban J connectivity index is 2.35. The van der Waals surface area contributed by atoms with Crippen LogP contribution in [0.5, 0.6) is 0 Å². The van der Waals surface area contributed by atoms with Crippen molar-refractivity contribution in [2.75, 3.05) is 12.5 Å². The lowest BCUT2D eigenvalue weighted by molar-refractivity contribution is -0.148. The van der Waals surface area contributed by atoms with Crippen molar-refractivity contribution in [3.05, 3.63) is 12.2 Å². The van der Waals surface area contributed by atoms with E-state index < -0.39 is 5.79 Å². The maximum atomic E-state index is 5.67. The standard InChI is InChI=1S/C10H17ClO2/c1-3-4-5-6-10(2)12-8-9(7-11)13-10/h4-5,9H,3,6-8H2,1-2H3/b5-4+.